The second-order valence-electron chi connectivity index (χ2n) is 8.29. The lowest BCUT2D eigenvalue weighted by atomic mass is 10.2. The minimum Gasteiger partial charge on any atom is -0.493 e. The van der Waals surface area contributed by atoms with Gasteiger partial charge in [0.15, 0.2) is 21.8 Å². The van der Waals surface area contributed by atoms with E-state index in [1.165, 1.54) is 34.8 Å². The molecule has 9 nitrogen and oxygen atoms in total. The van der Waals surface area contributed by atoms with Crippen molar-refractivity contribution in [2.24, 2.45) is 0 Å². The van der Waals surface area contributed by atoms with Crippen molar-refractivity contribution in [2.45, 2.75) is 5.16 Å². The summed E-state index contributed by atoms with van der Waals surface area (Å²) in [7, 11) is 3.08. The van der Waals surface area contributed by atoms with Gasteiger partial charge in [-0.25, -0.2) is 9.97 Å². The highest BCUT2D eigenvalue weighted by Gasteiger charge is 2.19. The van der Waals surface area contributed by atoms with Crippen LogP contribution in [0.3, 0.4) is 0 Å². The van der Waals surface area contributed by atoms with Gasteiger partial charge in [-0.3, -0.25) is 14.2 Å². The number of amides is 1. The number of hydrogen-bond acceptors (Lipinski definition) is 8. The van der Waals surface area contributed by atoms with Gasteiger partial charge in [-0.05, 0) is 30.3 Å². The second-order valence-corrected chi connectivity index (χ2v) is 10.3. The maximum Gasteiger partial charge on any atom is 0.283 e. The molecule has 0 aliphatic carbocycles. The highest BCUT2D eigenvalue weighted by molar-refractivity contribution is 7.99. The Labute approximate surface area is 224 Å². The molecule has 0 aliphatic heterocycles. The molecule has 190 valence electrons. The Bertz CT molecular complexity index is 1860. The molecule has 3 aromatic carbocycles. The number of carbonyl (C=O) groups excluding carboxylic acids is 1. The normalized spacial score (nSPS) is 11.3. The van der Waals surface area contributed by atoms with E-state index >= 15 is 0 Å². The van der Waals surface area contributed by atoms with Gasteiger partial charge in [0.25, 0.3) is 5.56 Å². The van der Waals surface area contributed by atoms with Crippen molar-refractivity contribution in [1.29, 1.82) is 0 Å². The van der Waals surface area contributed by atoms with Crippen molar-refractivity contribution in [1.82, 2.24) is 19.5 Å². The third-order valence-electron chi connectivity index (χ3n) is 5.99. The van der Waals surface area contributed by atoms with Crippen molar-refractivity contribution in [3.05, 3.63) is 77.1 Å². The third kappa shape index (κ3) is 4.25. The minimum atomic E-state index is -0.285. The van der Waals surface area contributed by atoms with Crippen LogP contribution in [0.5, 0.6) is 11.5 Å². The van der Waals surface area contributed by atoms with Crippen LogP contribution >= 0.6 is 23.1 Å². The Morgan fingerprint density at radius 2 is 1.82 bits per heavy atom. The van der Waals surface area contributed by atoms with Crippen LogP contribution in [-0.4, -0.2) is 45.4 Å². The molecule has 3 aromatic heterocycles. The van der Waals surface area contributed by atoms with Gasteiger partial charge in [-0.2, -0.15) is 0 Å². The third-order valence-corrected chi connectivity index (χ3v) is 7.88. The summed E-state index contributed by atoms with van der Waals surface area (Å²) in [4.78, 5) is 39.2. The summed E-state index contributed by atoms with van der Waals surface area (Å²) in [6.07, 6.45) is 0. The van der Waals surface area contributed by atoms with E-state index in [1.807, 2.05) is 48.5 Å². The number of fused-ring (bicyclic) bond motifs is 4. The van der Waals surface area contributed by atoms with E-state index in [9.17, 15) is 9.59 Å². The van der Waals surface area contributed by atoms with Crippen LogP contribution in [0.4, 0.5) is 5.13 Å². The number of benzene rings is 3. The Balaban J connectivity index is 1.40. The molecule has 0 unspecified atom stereocenters. The fraction of sp³-hybridized carbons (Fsp3) is 0.111. The highest BCUT2D eigenvalue weighted by atomic mass is 32.2. The van der Waals surface area contributed by atoms with Gasteiger partial charge >= 0.3 is 0 Å². The number of H-pyrrole nitrogens is 1. The first kappa shape index (κ1) is 24.0. The number of methoxy groups -OCH3 is 2. The molecule has 0 saturated heterocycles. The molecule has 0 aliphatic rings. The predicted molar refractivity (Wildman–Crippen MR) is 151 cm³/mol. The molecule has 0 fully saturated rings. The zero-order chi connectivity index (χ0) is 26.2. The lowest BCUT2D eigenvalue weighted by molar-refractivity contribution is -0.113. The molecule has 38 heavy (non-hydrogen) atoms. The van der Waals surface area contributed by atoms with Gasteiger partial charge in [-0.15, -0.1) is 0 Å². The van der Waals surface area contributed by atoms with Crippen molar-refractivity contribution >= 4 is 66.3 Å². The fourth-order valence-electron chi connectivity index (χ4n) is 4.24. The van der Waals surface area contributed by atoms with E-state index in [0.29, 0.717) is 38.5 Å². The quantitative estimate of drug-likeness (QED) is 0.210. The van der Waals surface area contributed by atoms with Crippen LogP contribution in [0.2, 0.25) is 0 Å². The average molecular weight is 544 g/mol. The Morgan fingerprint density at radius 3 is 2.63 bits per heavy atom. The first-order valence-electron chi connectivity index (χ1n) is 11.6. The van der Waals surface area contributed by atoms with Gasteiger partial charge in [0, 0.05) is 17.0 Å². The van der Waals surface area contributed by atoms with Crippen molar-refractivity contribution in [3.8, 4) is 17.2 Å². The van der Waals surface area contributed by atoms with Crippen LogP contribution in [-0.2, 0) is 4.79 Å². The maximum absolute atomic E-state index is 13.8. The minimum absolute atomic E-state index is 0.0313. The van der Waals surface area contributed by atoms with E-state index in [0.717, 1.165) is 21.1 Å². The summed E-state index contributed by atoms with van der Waals surface area (Å²) in [5.74, 6) is 0.788. The first-order chi connectivity index (χ1) is 18.6. The van der Waals surface area contributed by atoms with Crippen LogP contribution in [0.25, 0.3) is 37.8 Å². The molecule has 6 rings (SSSR count). The molecule has 0 bridgehead atoms. The number of ether oxygens (including phenoxy) is 2. The topological polar surface area (TPSA) is 111 Å². The lowest BCUT2D eigenvalue weighted by Gasteiger charge is -2.14. The molecular weight excluding hydrogens is 522 g/mol. The molecule has 0 saturated carbocycles. The monoisotopic (exact) mass is 543 g/mol. The van der Waals surface area contributed by atoms with Crippen molar-refractivity contribution in [3.63, 3.8) is 0 Å². The van der Waals surface area contributed by atoms with Crippen LogP contribution in [0.1, 0.15) is 0 Å². The average Bonchev–Trinajstić information content (AvgIpc) is 3.52. The summed E-state index contributed by atoms with van der Waals surface area (Å²) in [6, 6.07) is 20.5. The number of carbonyl (C=O) groups is 1. The summed E-state index contributed by atoms with van der Waals surface area (Å²) in [6.45, 7) is 0. The van der Waals surface area contributed by atoms with E-state index in [2.05, 4.69) is 15.3 Å². The Morgan fingerprint density at radius 1 is 1.03 bits per heavy atom. The van der Waals surface area contributed by atoms with Crippen LogP contribution in [0.15, 0.2) is 76.7 Å². The molecule has 1 amide bonds. The van der Waals surface area contributed by atoms with Gasteiger partial charge in [-0.1, -0.05) is 53.4 Å². The molecule has 0 radical (unpaired) electrons. The number of hydrogen-bond donors (Lipinski definition) is 2. The molecule has 2 N–H and O–H groups in total. The van der Waals surface area contributed by atoms with Gasteiger partial charge in [0.2, 0.25) is 5.91 Å². The number of nitrogens with zero attached hydrogens (tertiary/aromatic N) is 3. The SMILES string of the molecule is COc1ccc(-n2c(SCC(=O)Nc3nc4ccccc4s3)nc3c([nH]c4ccccc43)c2=O)cc1OC. The number of aromatic amines is 1. The molecular formula is C27H21N5O4S2. The van der Waals surface area contributed by atoms with E-state index in [1.54, 1.807) is 25.3 Å². The van der Waals surface area contributed by atoms with Gasteiger partial charge in [0.05, 0.1) is 35.9 Å². The van der Waals surface area contributed by atoms with E-state index < -0.39 is 0 Å². The number of aromatic nitrogens is 4. The summed E-state index contributed by atoms with van der Waals surface area (Å²) in [5.41, 5.74) is 2.82. The molecule has 3 heterocycles. The number of para-hydroxylation sites is 2. The summed E-state index contributed by atoms with van der Waals surface area (Å²) >= 11 is 2.58. The first-order valence-corrected chi connectivity index (χ1v) is 13.4. The Hall–Kier alpha value is -4.35. The number of thioether (sulfide) groups is 1. The van der Waals surface area contributed by atoms with Crippen molar-refractivity contribution in [2.75, 3.05) is 25.3 Å². The second kappa shape index (κ2) is 9.84. The van der Waals surface area contributed by atoms with E-state index in [4.69, 9.17) is 14.5 Å². The molecule has 6 aromatic rings. The molecule has 0 spiro atoms. The van der Waals surface area contributed by atoms with Crippen LogP contribution in [0, 0.1) is 0 Å². The lowest BCUT2D eigenvalue weighted by Crippen LogP contribution is -2.23. The smallest absolute Gasteiger partial charge is 0.283 e. The zero-order valence-corrected chi connectivity index (χ0v) is 22.0. The molecule has 11 heteroatoms. The maximum atomic E-state index is 13.8. The number of rotatable bonds is 7. The van der Waals surface area contributed by atoms with Crippen LogP contribution < -0.4 is 20.3 Å². The highest BCUT2D eigenvalue weighted by Crippen LogP contribution is 2.32. The predicted octanol–water partition coefficient (Wildman–Crippen LogP) is 5.22. The summed E-state index contributed by atoms with van der Waals surface area (Å²) in [5, 5.41) is 4.59. The zero-order valence-electron chi connectivity index (χ0n) is 20.3. The van der Waals surface area contributed by atoms with Gasteiger partial charge in [0.1, 0.15) is 11.0 Å². The Kier molecular flexibility index (Phi) is 6.22. The molecule has 0 atom stereocenters. The fourth-order valence-corrected chi connectivity index (χ4v) is 5.93. The summed E-state index contributed by atoms with van der Waals surface area (Å²) < 4.78 is 13.3. The number of anilines is 1. The largest absolute Gasteiger partial charge is 0.493 e. The van der Waals surface area contributed by atoms with Crippen molar-refractivity contribution < 1.29 is 14.3 Å². The number of thiazole rings is 1. The van der Waals surface area contributed by atoms with E-state index in [-0.39, 0.29) is 17.2 Å². The van der Waals surface area contributed by atoms with Gasteiger partial charge < -0.3 is 19.8 Å². The number of nitrogens with one attached hydrogen (secondary N) is 2. The standard InChI is InChI=1S/C27H21N5O4S2/c1-35-19-12-11-15(13-20(19)36-2)32-25(34)24-23(16-7-3-4-8-17(16)28-24)31-27(32)37-14-22(33)30-26-29-18-9-5-6-10-21(18)38-26/h3-13,28H,14H2,1-2H3,(H,29,30,33).